The largest absolute Gasteiger partial charge is 1.00 e. The third kappa shape index (κ3) is 5.06. The first-order valence-electron chi connectivity index (χ1n) is 8.41. The van der Waals surface area contributed by atoms with Crippen LogP contribution < -0.4 is 37.2 Å². The minimum atomic E-state index is 0. The van der Waals surface area contributed by atoms with Gasteiger partial charge in [-0.2, -0.15) is 0 Å². The summed E-state index contributed by atoms with van der Waals surface area (Å²) in [5.41, 5.74) is 4.33. The molecule has 26 heavy (non-hydrogen) atoms. The van der Waals surface area contributed by atoms with E-state index < -0.39 is 0 Å². The summed E-state index contributed by atoms with van der Waals surface area (Å²) < 4.78 is 0.0398. The SMILES string of the molecule is CCC(C)C1=CC=C[C]1([Ti+3])C(c1ccccc1)c1ccccc1.[Cl-].[Cl-].[Cl-]. The van der Waals surface area contributed by atoms with Crippen LogP contribution in [0, 0.1) is 5.92 Å². The first-order valence-corrected chi connectivity index (χ1v) is 9.19. The maximum Gasteiger partial charge on any atom is -1.00 e. The van der Waals surface area contributed by atoms with E-state index in [1.807, 2.05) is 0 Å². The molecule has 0 N–H and O–H groups in total. The maximum atomic E-state index is 2.40. The molecule has 0 heterocycles. The van der Waals surface area contributed by atoms with Crippen LogP contribution in [0.4, 0.5) is 0 Å². The van der Waals surface area contributed by atoms with E-state index >= 15 is 0 Å². The van der Waals surface area contributed by atoms with Crippen LogP contribution in [-0.4, -0.2) is 0 Å². The predicted molar refractivity (Wildman–Crippen MR) is 94.1 cm³/mol. The van der Waals surface area contributed by atoms with Crippen LogP contribution in [-0.2, 0) is 20.4 Å². The molecule has 2 aromatic rings. The van der Waals surface area contributed by atoms with E-state index in [4.69, 9.17) is 0 Å². The van der Waals surface area contributed by atoms with Crippen LogP contribution >= 0.6 is 0 Å². The predicted octanol–water partition coefficient (Wildman–Crippen LogP) is -2.92. The molecule has 0 nitrogen and oxygen atoms in total. The van der Waals surface area contributed by atoms with E-state index in [1.165, 1.54) is 17.5 Å². The Balaban J connectivity index is 0.00000208. The quantitative estimate of drug-likeness (QED) is 0.436. The van der Waals surface area contributed by atoms with Gasteiger partial charge in [0.2, 0.25) is 0 Å². The van der Waals surface area contributed by atoms with Gasteiger partial charge in [-0.15, -0.1) is 0 Å². The summed E-state index contributed by atoms with van der Waals surface area (Å²) in [6.45, 7) is 4.63. The number of rotatable bonds is 5. The Labute approximate surface area is 188 Å². The molecule has 1 aliphatic carbocycles. The molecule has 2 unspecified atom stereocenters. The zero-order valence-electron chi connectivity index (χ0n) is 15.0. The normalized spacial score (nSPS) is 19.0. The fourth-order valence-electron chi connectivity index (χ4n) is 3.60. The topological polar surface area (TPSA) is 0 Å². The Morgan fingerprint density at radius 1 is 0.846 bits per heavy atom. The van der Waals surface area contributed by atoms with Crippen molar-refractivity contribution in [2.45, 2.75) is 29.9 Å². The summed E-state index contributed by atoms with van der Waals surface area (Å²) in [5, 5.41) is 0. The molecule has 0 bridgehead atoms. The summed E-state index contributed by atoms with van der Waals surface area (Å²) in [6, 6.07) is 21.9. The van der Waals surface area contributed by atoms with Gasteiger partial charge in [0.25, 0.3) is 0 Å². The van der Waals surface area contributed by atoms with Crippen LogP contribution in [0.2, 0.25) is 3.72 Å². The molecule has 0 spiro atoms. The molecule has 1 aliphatic rings. The van der Waals surface area contributed by atoms with Crippen molar-refractivity contribution in [2.75, 3.05) is 0 Å². The average Bonchev–Trinajstić information content (AvgIpc) is 2.98. The molecule has 0 amide bonds. The van der Waals surface area contributed by atoms with Crippen LogP contribution in [0.3, 0.4) is 0 Å². The number of halogens is 3. The van der Waals surface area contributed by atoms with Gasteiger partial charge in [-0.05, 0) is 0 Å². The van der Waals surface area contributed by atoms with Crippen molar-refractivity contribution >= 4 is 0 Å². The van der Waals surface area contributed by atoms with Gasteiger partial charge < -0.3 is 37.2 Å². The van der Waals surface area contributed by atoms with E-state index in [-0.39, 0.29) is 40.9 Å². The van der Waals surface area contributed by atoms with E-state index in [9.17, 15) is 0 Å². The maximum absolute atomic E-state index is 2.40. The minimum absolute atomic E-state index is 0. The van der Waals surface area contributed by atoms with Crippen LogP contribution in [0.25, 0.3) is 0 Å². The summed E-state index contributed by atoms with van der Waals surface area (Å²) in [4.78, 5) is 0. The van der Waals surface area contributed by atoms with E-state index in [1.54, 1.807) is 5.57 Å². The molecule has 2 aromatic carbocycles. The number of hydrogen-bond acceptors (Lipinski definition) is 0. The molecule has 3 rings (SSSR count). The van der Waals surface area contributed by atoms with Crippen LogP contribution in [0.5, 0.6) is 0 Å². The van der Waals surface area contributed by atoms with Gasteiger partial charge in [-0.1, -0.05) is 0 Å². The Hall–Kier alpha value is -0.496. The molecule has 0 aliphatic heterocycles. The molecule has 0 saturated carbocycles. The molecule has 0 aromatic heterocycles. The van der Waals surface area contributed by atoms with Crippen molar-refractivity contribution in [3.8, 4) is 0 Å². The van der Waals surface area contributed by atoms with Gasteiger partial charge in [-0.25, -0.2) is 0 Å². The van der Waals surface area contributed by atoms with Gasteiger partial charge in [0.1, 0.15) is 0 Å². The van der Waals surface area contributed by atoms with Crippen LogP contribution in [0.15, 0.2) is 84.5 Å². The van der Waals surface area contributed by atoms with Crippen molar-refractivity contribution in [1.82, 2.24) is 0 Å². The van der Waals surface area contributed by atoms with Gasteiger partial charge in [0, 0.05) is 0 Å². The van der Waals surface area contributed by atoms with Crippen molar-refractivity contribution in [3.05, 3.63) is 95.6 Å². The smallest absolute Gasteiger partial charge is 1.00 e. The Morgan fingerprint density at radius 3 is 1.73 bits per heavy atom. The number of allylic oxidation sites excluding steroid dienone is 4. The monoisotopic (exact) mass is 440 g/mol. The Bertz CT molecular complexity index is 673. The molecule has 0 fully saturated rings. The van der Waals surface area contributed by atoms with Crippen LogP contribution in [0.1, 0.15) is 37.3 Å². The van der Waals surface area contributed by atoms with Crippen molar-refractivity contribution in [1.29, 1.82) is 0 Å². The Kier molecular flexibility index (Phi) is 11.2. The summed E-state index contributed by atoms with van der Waals surface area (Å²) in [7, 11) is 0. The van der Waals surface area contributed by atoms with Crippen molar-refractivity contribution in [3.63, 3.8) is 0 Å². The zero-order chi connectivity index (χ0) is 16.3. The van der Waals surface area contributed by atoms with Crippen molar-refractivity contribution < 1.29 is 57.7 Å². The first-order chi connectivity index (χ1) is 11.2. The summed E-state index contributed by atoms with van der Waals surface area (Å²) in [5.74, 6) is 0.953. The molecule has 0 radical (unpaired) electrons. The second kappa shape index (κ2) is 11.4. The number of hydrogen-bond donors (Lipinski definition) is 0. The van der Waals surface area contributed by atoms with E-state index in [0.29, 0.717) is 11.8 Å². The number of benzene rings is 2. The second-order valence-corrected chi connectivity index (χ2v) is 7.71. The van der Waals surface area contributed by atoms with E-state index in [0.717, 1.165) is 0 Å². The first kappa shape index (κ1) is 25.5. The fourth-order valence-corrected chi connectivity index (χ4v) is 4.79. The molecule has 2 atom stereocenters. The minimum Gasteiger partial charge on any atom is -1.00 e. The zero-order valence-corrected chi connectivity index (χ0v) is 18.8. The molecular formula is C22H23Cl3Ti. The van der Waals surface area contributed by atoms with Crippen molar-refractivity contribution in [2.24, 2.45) is 5.92 Å². The fraction of sp³-hybridized carbons (Fsp3) is 0.273. The molecule has 4 heteroatoms. The van der Waals surface area contributed by atoms with Gasteiger partial charge in [-0.3, -0.25) is 0 Å². The molecule has 136 valence electrons. The third-order valence-electron chi connectivity index (χ3n) is 4.98. The van der Waals surface area contributed by atoms with Gasteiger partial charge in [0.15, 0.2) is 0 Å². The summed E-state index contributed by atoms with van der Waals surface area (Å²) in [6.07, 6.45) is 8.17. The standard InChI is InChI=1S/C22H23.3ClH.Ti/c1-3-17(2)20-15-10-16-21(20)22(18-11-6-4-7-12-18)19-13-8-5-9-14-19;;;;/h4-17,22H,3H2,1-2H3;3*1H;/q;;;;+3/p-3. The van der Waals surface area contributed by atoms with Gasteiger partial charge in [0.05, 0.1) is 0 Å². The Morgan fingerprint density at radius 2 is 1.31 bits per heavy atom. The summed E-state index contributed by atoms with van der Waals surface area (Å²) >= 11 is 2.40. The van der Waals surface area contributed by atoms with Gasteiger partial charge >= 0.3 is 152 Å². The second-order valence-electron chi connectivity index (χ2n) is 6.41. The van der Waals surface area contributed by atoms with E-state index in [2.05, 4.69) is 113 Å². The average molecular weight is 442 g/mol. The molecule has 0 saturated heterocycles. The molecular weight excluding hydrogens is 418 g/mol. The third-order valence-corrected chi connectivity index (χ3v) is 6.14.